The lowest BCUT2D eigenvalue weighted by Gasteiger charge is -2.29. The highest BCUT2D eigenvalue weighted by atomic mass is 32.2. The molecule has 28 heavy (non-hydrogen) atoms. The molecule has 0 saturated heterocycles. The Balaban J connectivity index is 0. The second-order valence-electron chi connectivity index (χ2n) is 8.97. The Morgan fingerprint density at radius 1 is 0.607 bits per heavy atom. The molecule has 0 heterocycles. The van der Waals surface area contributed by atoms with Crippen LogP contribution < -0.4 is 0 Å². The monoisotopic (exact) mass is 423 g/mol. The largest absolute Gasteiger partial charge is 0.870 e. The van der Waals surface area contributed by atoms with Gasteiger partial charge in [-0.25, -0.2) is 0 Å². The zero-order valence-corrected chi connectivity index (χ0v) is 19.8. The van der Waals surface area contributed by atoms with Crippen molar-refractivity contribution in [3.63, 3.8) is 0 Å². The molecule has 5 nitrogen and oxygen atoms in total. The van der Waals surface area contributed by atoms with E-state index in [1.54, 1.807) is 0 Å². The van der Waals surface area contributed by atoms with Gasteiger partial charge in [0.05, 0.1) is 32.9 Å². The van der Waals surface area contributed by atoms with Gasteiger partial charge in [0.25, 0.3) is 10.1 Å². The van der Waals surface area contributed by atoms with Gasteiger partial charge >= 0.3 is 0 Å². The average molecular weight is 424 g/mol. The predicted octanol–water partition coefficient (Wildman–Crippen LogP) is 6.04. The average Bonchev–Trinajstić information content (AvgIpc) is 2.57. The van der Waals surface area contributed by atoms with Crippen LogP contribution in [0.15, 0.2) is 0 Å². The Hall–Kier alpha value is -0.170. The molecule has 0 aliphatic heterocycles. The fourth-order valence-electron chi connectivity index (χ4n) is 3.70. The summed E-state index contributed by atoms with van der Waals surface area (Å²) in [7, 11) is 0.486. The van der Waals surface area contributed by atoms with E-state index in [4.69, 9.17) is 4.55 Å². The molecule has 0 bridgehead atoms. The van der Waals surface area contributed by atoms with Crippen LogP contribution in [-0.2, 0) is 10.1 Å². The summed E-state index contributed by atoms with van der Waals surface area (Å²) in [5.41, 5.74) is 0. The molecule has 0 aromatic rings. The molecule has 0 rings (SSSR count). The van der Waals surface area contributed by atoms with Crippen molar-refractivity contribution >= 4 is 10.1 Å². The number of hydrogen-bond acceptors (Lipinski definition) is 3. The van der Waals surface area contributed by atoms with Crippen molar-refractivity contribution in [2.45, 2.75) is 110 Å². The number of rotatable bonds is 20. The molecule has 0 atom stereocenters. The van der Waals surface area contributed by atoms with E-state index >= 15 is 0 Å². The maximum Gasteiger partial charge on any atom is 0.265 e. The van der Waals surface area contributed by atoms with Crippen LogP contribution in [0, 0.1) is 0 Å². The van der Waals surface area contributed by atoms with Crippen molar-refractivity contribution in [3.05, 3.63) is 0 Å². The minimum atomic E-state index is -3.81. The van der Waals surface area contributed by atoms with Gasteiger partial charge in [-0.2, -0.15) is 8.42 Å². The van der Waals surface area contributed by atoms with Gasteiger partial charge in [-0.05, 0) is 12.8 Å². The third-order valence-corrected chi connectivity index (χ3v) is 6.34. The van der Waals surface area contributed by atoms with Crippen molar-refractivity contribution in [2.24, 2.45) is 0 Å². The summed E-state index contributed by atoms with van der Waals surface area (Å²) < 4.78 is 31.2. The first-order valence-electron chi connectivity index (χ1n) is 11.5. The van der Waals surface area contributed by atoms with Gasteiger partial charge in [0.1, 0.15) is 0 Å². The lowest BCUT2D eigenvalue weighted by molar-refractivity contribution is -0.890. The second-order valence-corrected chi connectivity index (χ2v) is 10.5. The Morgan fingerprint density at radius 2 is 0.929 bits per heavy atom. The van der Waals surface area contributed by atoms with E-state index in [0.29, 0.717) is 6.42 Å². The molecule has 172 valence electrons. The quantitative estimate of drug-likeness (QED) is 0.147. The van der Waals surface area contributed by atoms with Gasteiger partial charge in [0.15, 0.2) is 0 Å². The van der Waals surface area contributed by atoms with Crippen LogP contribution in [0.2, 0.25) is 0 Å². The number of quaternary nitrogens is 1. The third-order valence-electron chi connectivity index (χ3n) is 5.53. The zero-order valence-electron chi connectivity index (χ0n) is 19.0. The summed E-state index contributed by atoms with van der Waals surface area (Å²) in [4.78, 5) is 0. The fourth-order valence-corrected chi connectivity index (χ4v) is 4.19. The second kappa shape index (κ2) is 18.8. The van der Waals surface area contributed by atoms with Gasteiger partial charge in [-0.15, -0.1) is 0 Å². The van der Waals surface area contributed by atoms with Crippen molar-refractivity contribution in [1.29, 1.82) is 0 Å². The predicted molar refractivity (Wildman–Crippen MR) is 120 cm³/mol. The number of nitrogens with zero attached hydrogens (tertiary/aromatic N) is 1. The highest BCUT2D eigenvalue weighted by Crippen LogP contribution is 2.14. The van der Waals surface area contributed by atoms with Gasteiger partial charge in [-0.1, -0.05) is 90.4 Å². The summed E-state index contributed by atoms with van der Waals surface area (Å²) in [5, 5.41) is 0. The van der Waals surface area contributed by atoms with E-state index < -0.39 is 10.1 Å². The minimum Gasteiger partial charge on any atom is -0.870 e. The first kappa shape index (κ1) is 30.0. The molecule has 0 saturated carbocycles. The fraction of sp³-hybridized carbons (Fsp3) is 1.00. The first-order chi connectivity index (χ1) is 12.8. The van der Waals surface area contributed by atoms with Crippen molar-refractivity contribution < 1.29 is 22.9 Å². The van der Waals surface area contributed by atoms with Crippen LogP contribution in [0.1, 0.15) is 110 Å². The Kier molecular flexibility index (Phi) is 20.2. The molecule has 0 amide bonds. The molecule has 0 spiro atoms. The van der Waals surface area contributed by atoms with Crippen LogP contribution in [-0.4, -0.2) is 55.9 Å². The first-order valence-corrected chi connectivity index (χ1v) is 13.1. The normalized spacial score (nSPS) is 12.1. The molecule has 0 fully saturated rings. The Labute approximate surface area is 175 Å². The molecule has 0 aromatic carbocycles. The van der Waals surface area contributed by atoms with E-state index in [2.05, 4.69) is 21.0 Å². The van der Waals surface area contributed by atoms with Crippen molar-refractivity contribution in [3.8, 4) is 0 Å². The zero-order chi connectivity index (χ0) is 20.4. The maximum absolute atomic E-state index is 10.8. The van der Waals surface area contributed by atoms with Crippen molar-refractivity contribution in [1.82, 2.24) is 0 Å². The van der Waals surface area contributed by atoms with Crippen LogP contribution in [0.3, 0.4) is 0 Å². The highest BCUT2D eigenvalue weighted by molar-refractivity contribution is 7.85. The smallest absolute Gasteiger partial charge is 0.265 e. The topological polar surface area (TPSA) is 84.4 Å². The molecule has 0 aromatic heterocycles. The summed E-state index contributed by atoms with van der Waals surface area (Å²) in [6.07, 6.45) is 21.2. The standard InChI is InChI=1S/C22H47NO3S.H2O/c1-4-5-6-7-8-9-10-11-12-13-14-15-16-17-18-20-23(2,3)21-19-22-27(24,25)26;/h4-22H2,1-3H3;1H2. The van der Waals surface area contributed by atoms with Crippen LogP contribution in [0.5, 0.6) is 0 Å². The lowest BCUT2D eigenvalue weighted by atomic mass is 10.0. The summed E-state index contributed by atoms with van der Waals surface area (Å²) in [5.74, 6) is -0.118. The van der Waals surface area contributed by atoms with E-state index in [1.807, 2.05) is 0 Å². The van der Waals surface area contributed by atoms with Gasteiger partial charge in [0, 0.05) is 6.42 Å². The van der Waals surface area contributed by atoms with Crippen molar-refractivity contribution in [2.75, 3.05) is 32.9 Å². The molecule has 0 radical (unpaired) electrons. The third kappa shape index (κ3) is 23.9. The molecule has 6 heteroatoms. The summed E-state index contributed by atoms with van der Waals surface area (Å²) in [6.45, 7) is 4.17. The molecule has 2 N–H and O–H groups in total. The maximum atomic E-state index is 10.8. The van der Waals surface area contributed by atoms with Gasteiger partial charge < -0.3 is 9.96 Å². The van der Waals surface area contributed by atoms with E-state index in [1.165, 1.54) is 96.3 Å². The molecule has 0 aliphatic carbocycles. The van der Waals surface area contributed by atoms with Gasteiger partial charge in [-0.3, -0.25) is 4.55 Å². The van der Waals surface area contributed by atoms with Gasteiger partial charge in [0.2, 0.25) is 0 Å². The molecular weight excluding hydrogens is 374 g/mol. The summed E-state index contributed by atoms with van der Waals surface area (Å²) in [6, 6.07) is 0. The summed E-state index contributed by atoms with van der Waals surface area (Å²) >= 11 is 0. The van der Waals surface area contributed by atoms with Crippen LogP contribution in [0.4, 0.5) is 0 Å². The number of hydrogen-bond donors (Lipinski definition) is 1. The van der Waals surface area contributed by atoms with E-state index in [-0.39, 0.29) is 11.2 Å². The van der Waals surface area contributed by atoms with E-state index in [9.17, 15) is 8.42 Å². The highest BCUT2D eigenvalue weighted by Gasteiger charge is 2.16. The Morgan fingerprint density at radius 3 is 1.29 bits per heavy atom. The molecule has 0 aliphatic rings. The van der Waals surface area contributed by atoms with Crippen LogP contribution >= 0.6 is 0 Å². The van der Waals surface area contributed by atoms with Crippen LogP contribution in [0.25, 0.3) is 0 Å². The number of unbranched alkanes of at least 4 members (excludes halogenated alkanes) is 14. The van der Waals surface area contributed by atoms with E-state index in [0.717, 1.165) is 17.6 Å². The molecule has 0 unspecified atom stereocenters. The lowest BCUT2D eigenvalue weighted by Crippen LogP contribution is -2.41. The SMILES string of the molecule is CCCCCCCCCCCCCCCCC[N+](C)(C)CCCS(=O)(=O)O.[OH-]. The Bertz CT molecular complexity index is 424. The minimum absolute atomic E-state index is 0. The molecular formula is C22H49NO4S.